The van der Waals surface area contributed by atoms with Crippen LogP contribution in [-0.4, -0.2) is 26.7 Å². The second-order valence-electron chi connectivity index (χ2n) is 7.42. The number of rotatable bonds is 8. The van der Waals surface area contributed by atoms with Gasteiger partial charge in [-0.1, -0.05) is 29.8 Å². The van der Waals surface area contributed by atoms with Crippen LogP contribution in [0.25, 0.3) is 0 Å². The molecule has 0 aliphatic heterocycles. The quantitative estimate of drug-likeness (QED) is 0.279. The lowest BCUT2D eigenvalue weighted by molar-refractivity contribution is -0.384. The summed E-state index contributed by atoms with van der Waals surface area (Å²) >= 11 is 0. The minimum absolute atomic E-state index is 0.0647. The van der Waals surface area contributed by atoms with Gasteiger partial charge in [0.1, 0.15) is 11.4 Å². The molecule has 3 rings (SSSR count). The largest absolute Gasteiger partial charge is 0.495 e. The van der Waals surface area contributed by atoms with Gasteiger partial charge in [-0.25, -0.2) is 8.42 Å². The van der Waals surface area contributed by atoms with Crippen molar-refractivity contribution in [1.29, 1.82) is 0 Å². The molecule has 10 heteroatoms. The fourth-order valence-corrected chi connectivity index (χ4v) is 4.51. The van der Waals surface area contributed by atoms with E-state index in [4.69, 9.17) is 4.74 Å². The SMILES string of the molecule is COc1ccccc1NS(=O)(=O)c1ccc(NN=Cc2c(C)cc(C)cc2C)c([N+](=O)[O-])c1. The summed E-state index contributed by atoms with van der Waals surface area (Å²) in [6.07, 6.45) is 1.59. The van der Waals surface area contributed by atoms with Crippen molar-refractivity contribution in [2.45, 2.75) is 25.7 Å². The number of hydrazone groups is 1. The molecular formula is C23H24N4O5S. The fraction of sp³-hybridized carbons (Fsp3) is 0.174. The van der Waals surface area contributed by atoms with Gasteiger partial charge in [-0.2, -0.15) is 5.10 Å². The molecule has 3 aromatic carbocycles. The predicted molar refractivity (Wildman–Crippen MR) is 129 cm³/mol. The van der Waals surface area contributed by atoms with E-state index in [9.17, 15) is 18.5 Å². The van der Waals surface area contributed by atoms with Gasteiger partial charge in [0, 0.05) is 11.6 Å². The number of para-hydroxylation sites is 2. The average molecular weight is 469 g/mol. The summed E-state index contributed by atoms with van der Waals surface area (Å²) in [5.74, 6) is 0.324. The number of hydrogen-bond donors (Lipinski definition) is 2. The number of nitro benzene ring substituents is 1. The number of benzene rings is 3. The Labute approximate surface area is 192 Å². The van der Waals surface area contributed by atoms with E-state index in [-0.39, 0.29) is 16.3 Å². The van der Waals surface area contributed by atoms with Crippen molar-refractivity contribution in [1.82, 2.24) is 0 Å². The molecule has 0 spiro atoms. The van der Waals surface area contributed by atoms with Crippen LogP contribution < -0.4 is 14.9 Å². The second-order valence-corrected chi connectivity index (χ2v) is 9.11. The predicted octanol–water partition coefficient (Wildman–Crippen LogP) is 4.78. The molecular weight excluding hydrogens is 444 g/mol. The van der Waals surface area contributed by atoms with Gasteiger partial charge in [0.05, 0.1) is 28.8 Å². The highest BCUT2D eigenvalue weighted by molar-refractivity contribution is 7.92. The van der Waals surface area contributed by atoms with Gasteiger partial charge >= 0.3 is 0 Å². The van der Waals surface area contributed by atoms with Crippen molar-refractivity contribution < 1.29 is 18.1 Å². The summed E-state index contributed by atoms with van der Waals surface area (Å²) in [5.41, 5.74) is 6.59. The third-order valence-corrected chi connectivity index (χ3v) is 6.31. The minimum Gasteiger partial charge on any atom is -0.495 e. The van der Waals surface area contributed by atoms with Gasteiger partial charge in [0.15, 0.2) is 0 Å². The van der Waals surface area contributed by atoms with Crippen LogP contribution in [0.1, 0.15) is 22.3 Å². The lowest BCUT2D eigenvalue weighted by Gasteiger charge is -2.12. The van der Waals surface area contributed by atoms with E-state index in [1.165, 1.54) is 25.3 Å². The van der Waals surface area contributed by atoms with Crippen molar-refractivity contribution in [3.8, 4) is 5.75 Å². The van der Waals surface area contributed by atoms with Crippen LogP contribution in [-0.2, 0) is 10.0 Å². The number of ether oxygens (including phenoxy) is 1. The molecule has 0 unspecified atom stereocenters. The standard InChI is InChI=1S/C23H24N4O5S/c1-15-11-16(2)19(17(3)12-15)14-24-25-20-10-9-18(13-22(20)27(28)29)33(30,31)26-21-7-5-6-8-23(21)32-4/h5-14,25-26H,1-4H3. The first-order valence-corrected chi connectivity index (χ1v) is 11.4. The molecule has 0 heterocycles. The zero-order valence-electron chi connectivity index (χ0n) is 18.6. The van der Waals surface area contributed by atoms with Gasteiger partial charge in [-0.05, 0) is 56.2 Å². The maximum Gasteiger partial charge on any atom is 0.295 e. The summed E-state index contributed by atoms with van der Waals surface area (Å²) in [6, 6.07) is 14.1. The first-order valence-electron chi connectivity index (χ1n) is 9.93. The number of nitro groups is 1. The van der Waals surface area contributed by atoms with E-state index in [0.717, 1.165) is 28.3 Å². The normalized spacial score (nSPS) is 11.4. The number of anilines is 2. The van der Waals surface area contributed by atoms with Crippen molar-refractivity contribution >= 4 is 33.3 Å². The molecule has 0 radical (unpaired) electrons. The van der Waals surface area contributed by atoms with Crippen LogP contribution in [0.2, 0.25) is 0 Å². The van der Waals surface area contributed by atoms with E-state index >= 15 is 0 Å². The molecule has 0 aliphatic rings. The Morgan fingerprint density at radius 1 is 1.00 bits per heavy atom. The summed E-state index contributed by atoms with van der Waals surface area (Å²) in [7, 11) is -2.68. The van der Waals surface area contributed by atoms with Crippen molar-refractivity contribution in [2.75, 3.05) is 17.3 Å². The van der Waals surface area contributed by atoms with E-state index in [0.29, 0.717) is 5.75 Å². The van der Waals surface area contributed by atoms with Gasteiger partial charge in [0.25, 0.3) is 15.7 Å². The second kappa shape index (κ2) is 9.70. The molecule has 33 heavy (non-hydrogen) atoms. The lowest BCUT2D eigenvalue weighted by Crippen LogP contribution is -2.14. The molecule has 0 aromatic heterocycles. The Morgan fingerprint density at radius 2 is 1.67 bits per heavy atom. The molecule has 0 amide bonds. The number of hydrogen-bond acceptors (Lipinski definition) is 7. The number of nitrogens with zero attached hydrogens (tertiary/aromatic N) is 2. The Morgan fingerprint density at radius 3 is 2.30 bits per heavy atom. The maximum atomic E-state index is 12.8. The molecule has 2 N–H and O–H groups in total. The summed E-state index contributed by atoms with van der Waals surface area (Å²) in [5, 5.41) is 15.7. The highest BCUT2D eigenvalue weighted by Crippen LogP contribution is 2.30. The topological polar surface area (TPSA) is 123 Å². The monoisotopic (exact) mass is 468 g/mol. The molecule has 0 fully saturated rings. The smallest absolute Gasteiger partial charge is 0.295 e. The first-order chi connectivity index (χ1) is 15.6. The summed E-state index contributed by atoms with van der Waals surface area (Å²) < 4.78 is 33.2. The molecule has 0 saturated heterocycles. The Bertz CT molecular complexity index is 1310. The molecule has 0 aliphatic carbocycles. The van der Waals surface area contributed by atoms with E-state index < -0.39 is 20.6 Å². The third-order valence-electron chi connectivity index (χ3n) is 4.94. The summed E-state index contributed by atoms with van der Waals surface area (Å²) in [6.45, 7) is 5.91. The Balaban J connectivity index is 1.89. The van der Waals surface area contributed by atoms with Crippen LogP contribution >= 0.6 is 0 Å². The van der Waals surface area contributed by atoms with Crippen molar-refractivity contribution in [2.24, 2.45) is 5.10 Å². The Hall–Kier alpha value is -3.92. The number of methoxy groups -OCH3 is 1. The molecule has 3 aromatic rings. The van der Waals surface area contributed by atoms with E-state index in [2.05, 4.69) is 15.2 Å². The Kier molecular flexibility index (Phi) is 6.98. The van der Waals surface area contributed by atoms with Crippen molar-refractivity contribution in [3.63, 3.8) is 0 Å². The van der Waals surface area contributed by atoms with Crippen LogP contribution in [0, 0.1) is 30.9 Å². The van der Waals surface area contributed by atoms with Crippen LogP contribution in [0.4, 0.5) is 17.1 Å². The number of sulfonamides is 1. The zero-order valence-corrected chi connectivity index (χ0v) is 19.4. The van der Waals surface area contributed by atoms with Crippen LogP contribution in [0.5, 0.6) is 5.75 Å². The third kappa shape index (κ3) is 5.47. The van der Waals surface area contributed by atoms with Crippen LogP contribution in [0.3, 0.4) is 0 Å². The van der Waals surface area contributed by atoms with Crippen molar-refractivity contribution in [3.05, 3.63) is 87.0 Å². The fourth-order valence-electron chi connectivity index (χ4n) is 3.42. The molecule has 0 atom stereocenters. The van der Waals surface area contributed by atoms with Gasteiger partial charge < -0.3 is 4.74 Å². The lowest BCUT2D eigenvalue weighted by atomic mass is 10.0. The minimum atomic E-state index is -4.10. The van der Waals surface area contributed by atoms with E-state index in [1.807, 2.05) is 32.9 Å². The van der Waals surface area contributed by atoms with E-state index in [1.54, 1.807) is 24.4 Å². The maximum absolute atomic E-state index is 12.8. The molecule has 9 nitrogen and oxygen atoms in total. The first kappa shape index (κ1) is 23.7. The highest BCUT2D eigenvalue weighted by atomic mass is 32.2. The summed E-state index contributed by atoms with van der Waals surface area (Å²) in [4.78, 5) is 10.7. The number of nitrogens with one attached hydrogen (secondary N) is 2. The zero-order chi connectivity index (χ0) is 24.2. The van der Waals surface area contributed by atoms with Crippen LogP contribution in [0.15, 0.2) is 64.6 Å². The highest BCUT2D eigenvalue weighted by Gasteiger charge is 2.22. The van der Waals surface area contributed by atoms with Gasteiger partial charge in [-0.3, -0.25) is 20.3 Å². The molecule has 0 saturated carbocycles. The van der Waals surface area contributed by atoms with Gasteiger partial charge in [0.2, 0.25) is 0 Å². The van der Waals surface area contributed by atoms with Gasteiger partial charge in [-0.15, -0.1) is 0 Å². The molecule has 172 valence electrons. The number of aryl methyl sites for hydroxylation is 3. The average Bonchev–Trinajstić information content (AvgIpc) is 2.75. The molecule has 0 bridgehead atoms.